The van der Waals surface area contributed by atoms with Crippen molar-refractivity contribution >= 4 is 0 Å². The maximum absolute atomic E-state index is 6.80. The van der Waals surface area contributed by atoms with E-state index in [0.29, 0.717) is 12.0 Å². The molecule has 1 heterocycles. The molecule has 2 fully saturated rings. The molecule has 2 rings (SSSR count). The number of fused-ring (bicyclic) bond motifs is 1. The second-order valence-corrected chi connectivity index (χ2v) is 7.47. The monoisotopic (exact) mass is 254 g/mol. The van der Waals surface area contributed by atoms with Crippen molar-refractivity contribution in [2.24, 2.45) is 17.1 Å². The lowest BCUT2D eigenvalue weighted by Crippen LogP contribution is -2.78. The molecule has 2 N–H and O–H groups in total. The van der Waals surface area contributed by atoms with Crippen LogP contribution in [-0.2, 0) is 4.74 Å². The lowest BCUT2D eigenvalue weighted by Gasteiger charge is -2.64. The van der Waals surface area contributed by atoms with Gasteiger partial charge in [0, 0.05) is 35.6 Å². The van der Waals surface area contributed by atoms with Crippen molar-refractivity contribution in [1.29, 1.82) is 0 Å². The maximum atomic E-state index is 6.80. The molecule has 0 aromatic heterocycles. The van der Waals surface area contributed by atoms with Crippen LogP contribution in [0.25, 0.3) is 0 Å². The topological polar surface area (TPSA) is 38.5 Å². The quantitative estimate of drug-likeness (QED) is 0.836. The Morgan fingerprint density at radius 1 is 1.39 bits per heavy atom. The smallest absolute Gasteiger partial charge is 0.0691 e. The molecule has 1 aliphatic carbocycles. The molecule has 0 spiro atoms. The molecule has 1 saturated heterocycles. The van der Waals surface area contributed by atoms with Crippen LogP contribution in [0.2, 0.25) is 0 Å². The van der Waals surface area contributed by atoms with Gasteiger partial charge in [0.1, 0.15) is 0 Å². The molecule has 3 atom stereocenters. The highest BCUT2D eigenvalue weighted by Crippen LogP contribution is 2.58. The molecular formula is C15H30N2O. The van der Waals surface area contributed by atoms with Crippen LogP contribution >= 0.6 is 0 Å². The van der Waals surface area contributed by atoms with Crippen molar-refractivity contribution in [3.05, 3.63) is 0 Å². The van der Waals surface area contributed by atoms with Crippen molar-refractivity contribution in [1.82, 2.24) is 4.90 Å². The van der Waals surface area contributed by atoms with Gasteiger partial charge in [-0.3, -0.25) is 4.90 Å². The third-order valence-corrected chi connectivity index (χ3v) is 6.06. The minimum atomic E-state index is -0.102. The Kier molecular flexibility index (Phi) is 3.33. The van der Waals surface area contributed by atoms with Gasteiger partial charge in [-0.1, -0.05) is 20.8 Å². The first-order valence-corrected chi connectivity index (χ1v) is 7.28. The normalized spacial score (nSPS) is 38.7. The van der Waals surface area contributed by atoms with E-state index in [4.69, 9.17) is 10.5 Å². The van der Waals surface area contributed by atoms with Gasteiger partial charge in [-0.15, -0.1) is 0 Å². The lowest BCUT2D eigenvalue weighted by atomic mass is 9.48. The standard InChI is InChI=1S/C15H30N2O/c1-7-13(2,3)17(6)10-15(16)11-8-9-18-12(11)14(15,4)5/h11-12H,7-10,16H2,1-6H3. The first-order valence-electron chi connectivity index (χ1n) is 7.28. The molecule has 0 aromatic rings. The fraction of sp³-hybridized carbons (Fsp3) is 1.00. The van der Waals surface area contributed by atoms with E-state index >= 15 is 0 Å². The first kappa shape index (κ1) is 14.3. The van der Waals surface area contributed by atoms with Gasteiger partial charge in [0.05, 0.1) is 6.10 Å². The Labute approximate surface area is 112 Å². The number of rotatable bonds is 4. The van der Waals surface area contributed by atoms with Gasteiger partial charge in [-0.05, 0) is 33.7 Å². The van der Waals surface area contributed by atoms with Gasteiger partial charge in [-0.25, -0.2) is 0 Å². The van der Waals surface area contributed by atoms with Crippen LogP contribution in [0.4, 0.5) is 0 Å². The van der Waals surface area contributed by atoms with Gasteiger partial charge >= 0.3 is 0 Å². The molecule has 0 radical (unpaired) electrons. The summed E-state index contributed by atoms with van der Waals surface area (Å²) < 4.78 is 5.86. The van der Waals surface area contributed by atoms with E-state index in [2.05, 4.69) is 46.6 Å². The van der Waals surface area contributed by atoms with Gasteiger partial charge in [-0.2, -0.15) is 0 Å². The van der Waals surface area contributed by atoms with Crippen LogP contribution in [0.15, 0.2) is 0 Å². The minimum Gasteiger partial charge on any atom is -0.377 e. The van der Waals surface area contributed by atoms with Crippen molar-refractivity contribution in [3.8, 4) is 0 Å². The number of hydrogen-bond donors (Lipinski definition) is 1. The summed E-state index contributed by atoms with van der Waals surface area (Å²) in [5.74, 6) is 0.544. The molecule has 3 unspecified atom stereocenters. The van der Waals surface area contributed by atoms with Crippen molar-refractivity contribution in [2.75, 3.05) is 20.2 Å². The molecular weight excluding hydrogens is 224 g/mol. The molecule has 3 heteroatoms. The average molecular weight is 254 g/mol. The van der Waals surface area contributed by atoms with Gasteiger partial charge < -0.3 is 10.5 Å². The summed E-state index contributed by atoms with van der Waals surface area (Å²) in [6.45, 7) is 13.2. The number of ether oxygens (including phenoxy) is 1. The molecule has 0 bridgehead atoms. The van der Waals surface area contributed by atoms with E-state index in [-0.39, 0.29) is 16.5 Å². The van der Waals surface area contributed by atoms with E-state index in [9.17, 15) is 0 Å². The zero-order chi connectivity index (χ0) is 13.8. The predicted octanol–water partition coefficient (Wildman–Crippen LogP) is 2.25. The third-order valence-electron chi connectivity index (χ3n) is 6.06. The third kappa shape index (κ3) is 1.75. The van der Waals surface area contributed by atoms with E-state index in [1.54, 1.807) is 0 Å². The Bertz CT molecular complexity index is 326. The van der Waals surface area contributed by atoms with E-state index < -0.39 is 0 Å². The average Bonchev–Trinajstić information content (AvgIpc) is 2.76. The van der Waals surface area contributed by atoms with Crippen LogP contribution in [-0.4, -0.2) is 42.3 Å². The Hall–Kier alpha value is -0.120. The largest absolute Gasteiger partial charge is 0.377 e. The summed E-state index contributed by atoms with van der Waals surface area (Å²) in [4.78, 5) is 2.43. The summed E-state index contributed by atoms with van der Waals surface area (Å²) in [5, 5.41) is 0. The van der Waals surface area contributed by atoms with Gasteiger partial charge in [0.2, 0.25) is 0 Å². The Morgan fingerprint density at radius 2 is 2.00 bits per heavy atom. The molecule has 106 valence electrons. The second-order valence-electron chi connectivity index (χ2n) is 7.47. The minimum absolute atomic E-state index is 0.0895. The fourth-order valence-corrected chi connectivity index (χ4v) is 3.67. The molecule has 0 aromatic carbocycles. The van der Waals surface area contributed by atoms with E-state index in [0.717, 1.165) is 26.0 Å². The Morgan fingerprint density at radius 3 is 2.56 bits per heavy atom. The molecule has 2 aliphatic rings. The number of likely N-dealkylation sites (N-methyl/N-ethyl adjacent to an activating group) is 1. The SMILES string of the molecule is CCC(C)(C)N(C)CC1(N)C2CCOC2C1(C)C. The van der Waals surface area contributed by atoms with E-state index in [1.807, 2.05) is 0 Å². The molecule has 1 aliphatic heterocycles. The second kappa shape index (κ2) is 4.19. The Balaban J connectivity index is 2.13. The van der Waals surface area contributed by atoms with Crippen LogP contribution in [0.5, 0.6) is 0 Å². The van der Waals surface area contributed by atoms with Gasteiger partial charge in [0.25, 0.3) is 0 Å². The summed E-state index contributed by atoms with van der Waals surface area (Å²) in [6, 6.07) is 0. The summed E-state index contributed by atoms with van der Waals surface area (Å²) in [5.41, 5.74) is 7.00. The molecule has 0 amide bonds. The van der Waals surface area contributed by atoms with E-state index in [1.165, 1.54) is 0 Å². The van der Waals surface area contributed by atoms with Crippen LogP contribution in [0.3, 0.4) is 0 Å². The summed E-state index contributed by atoms with van der Waals surface area (Å²) in [7, 11) is 2.21. The van der Waals surface area contributed by atoms with Crippen LogP contribution < -0.4 is 5.73 Å². The van der Waals surface area contributed by atoms with Crippen LogP contribution in [0, 0.1) is 11.3 Å². The molecule has 3 nitrogen and oxygen atoms in total. The molecule has 18 heavy (non-hydrogen) atoms. The number of nitrogens with zero attached hydrogens (tertiary/aromatic N) is 1. The van der Waals surface area contributed by atoms with Gasteiger partial charge in [0.15, 0.2) is 0 Å². The van der Waals surface area contributed by atoms with Crippen molar-refractivity contribution in [2.45, 2.75) is 64.6 Å². The lowest BCUT2D eigenvalue weighted by molar-refractivity contribution is -0.166. The summed E-state index contributed by atoms with van der Waals surface area (Å²) >= 11 is 0. The van der Waals surface area contributed by atoms with Crippen molar-refractivity contribution in [3.63, 3.8) is 0 Å². The van der Waals surface area contributed by atoms with Crippen LogP contribution in [0.1, 0.15) is 47.5 Å². The summed E-state index contributed by atoms with van der Waals surface area (Å²) in [6.07, 6.45) is 2.65. The first-order chi connectivity index (χ1) is 8.17. The highest BCUT2D eigenvalue weighted by molar-refractivity contribution is 5.21. The molecule has 1 saturated carbocycles. The predicted molar refractivity (Wildman–Crippen MR) is 75.5 cm³/mol. The maximum Gasteiger partial charge on any atom is 0.0691 e. The highest BCUT2D eigenvalue weighted by atomic mass is 16.5. The zero-order valence-electron chi connectivity index (χ0n) is 12.9. The van der Waals surface area contributed by atoms with Crippen molar-refractivity contribution < 1.29 is 4.74 Å². The number of hydrogen-bond acceptors (Lipinski definition) is 3. The highest BCUT2D eigenvalue weighted by Gasteiger charge is 2.67. The fourth-order valence-electron chi connectivity index (χ4n) is 3.67. The number of nitrogens with two attached hydrogens (primary N) is 1. The zero-order valence-corrected chi connectivity index (χ0v) is 12.9.